The summed E-state index contributed by atoms with van der Waals surface area (Å²) in [6.45, 7) is 5.12. The zero-order valence-electron chi connectivity index (χ0n) is 13.2. The standard InChI is InChI=1S/C14H21N5O4/c1-14(13(21)17-2-5-22-6-3-17)9-18(4-7-23-14)12(20)8-19-11-15-10-16-19/h10-11H,2-9H2,1H3/t14-/m0/s1. The van der Waals surface area contributed by atoms with Crippen LogP contribution in [0, 0.1) is 0 Å². The van der Waals surface area contributed by atoms with Crippen molar-refractivity contribution < 1.29 is 19.1 Å². The molecule has 1 aromatic heterocycles. The number of ether oxygens (including phenoxy) is 2. The van der Waals surface area contributed by atoms with Gasteiger partial charge < -0.3 is 19.3 Å². The molecule has 0 N–H and O–H groups in total. The second-order valence-electron chi connectivity index (χ2n) is 5.89. The molecule has 2 fully saturated rings. The summed E-state index contributed by atoms with van der Waals surface area (Å²) in [6, 6.07) is 0. The first-order chi connectivity index (χ1) is 11.1. The van der Waals surface area contributed by atoms with Gasteiger partial charge in [0.05, 0.1) is 26.4 Å². The van der Waals surface area contributed by atoms with Gasteiger partial charge in [0, 0.05) is 19.6 Å². The lowest BCUT2D eigenvalue weighted by Crippen LogP contribution is -2.61. The van der Waals surface area contributed by atoms with Crippen LogP contribution in [0.5, 0.6) is 0 Å². The van der Waals surface area contributed by atoms with Crippen LogP contribution in [-0.4, -0.2) is 88.0 Å². The van der Waals surface area contributed by atoms with Crippen LogP contribution in [0.2, 0.25) is 0 Å². The lowest BCUT2D eigenvalue weighted by Gasteiger charge is -2.42. The molecule has 0 bridgehead atoms. The normalized spacial score (nSPS) is 25.4. The fourth-order valence-electron chi connectivity index (χ4n) is 2.87. The summed E-state index contributed by atoms with van der Waals surface area (Å²) >= 11 is 0. The molecule has 3 heterocycles. The molecule has 23 heavy (non-hydrogen) atoms. The Hall–Kier alpha value is -2.00. The van der Waals surface area contributed by atoms with Gasteiger partial charge >= 0.3 is 0 Å². The summed E-state index contributed by atoms with van der Waals surface area (Å²) in [7, 11) is 0. The predicted molar refractivity (Wildman–Crippen MR) is 78.4 cm³/mol. The molecular weight excluding hydrogens is 302 g/mol. The van der Waals surface area contributed by atoms with E-state index in [1.807, 2.05) is 0 Å². The maximum atomic E-state index is 12.7. The van der Waals surface area contributed by atoms with Gasteiger partial charge in [0.15, 0.2) is 5.60 Å². The first-order valence-corrected chi connectivity index (χ1v) is 7.70. The van der Waals surface area contributed by atoms with Crippen LogP contribution >= 0.6 is 0 Å². The molecule has 1 aromatic rings. The maximum absolute atomic E-state index is 12.7. The van der Waals surface area contributed by atoms with Crippen molar-refractivity contribution in [3.8, 4) is 0 Å². The smallest absolute Gasteiger partial charge is 0.256 e. The summed E-state index contributed by atoms with van der Waals surface area (Å²) in [5.74, 6) is -0.182. The van der Waals surface area contributed by atoms with Gasteiger partial charge in [-0.2, -0.15) is 5.10 Å². The Kier molecular flexibility index (Phi) is 4.58. The van der Waals surface area contributed by atoms with Crippen LogP contribution < -0.4 is 0 Å². The average molecular weight is 323 g/mol. The second-order valence-corrected chi connectivity index (χ2v) is 5.89. The Morgan fingerprint density at radius 3 is 2.61 bits per heavy atom. The van der Waals surface area contributed by atoms with E-state index < -0.39 is 5.60 Å². The molecule has 1 atom stereocenters. The SMILES string of the molecule is C[C@@]1(C(=O)N2CCOCC2)CN(C(=O)Cn2cncn2)CCO1. The first kappa shape index (κ1) is 15.9. The van der Waals surface area contributed by atoms with Crippen molar-refractivity contribution in [2.24, 2.45) is 0 Å². The number of aromatic nitrogens is 3. The molecule has 126 valence electrons. The Labute approximate surface area is 134 Å². The highest BCUT2D eigenvalue weighted by Gasteiger charge is 2.43. The van der Waals surface area contributed by atoms with Gasteiger partial charge in [0.2, 0.25) is 5.91 Å². The third-order valence-corrected chi connectivity index (χ3v) is 4.14. The quantitative estimate of drug-likeness (QED) is 0.691. The molecule has 0 saturated carbocycles. The second kappa shape index (κ2) is 6.63. The number of carbonyl (C=O) groups is 2. The third-order valence-electron chi connectivity index (χ3n) is 4.14. The van der Waals surface area contributed by atoms with E-state index in [1.54, 1.807) is 16.7 Å². The zero-order valence-corrected chi connectivity index (χ0v) is 13.2. The fourth-order valence-corrected chi connectivity index (χ4v) is 2.87. The fraction of sp³-hybridized carbons (Fsp3) is 0.714. The highest BCUT2D eigenvalue weighted by molar-refractivity contribution is 5.86. The summed E-state index contributed by atoms with van der Waals surface area (Å²) in [4.78, 5) is 32.4. The van der Waals surface area contributed by atoms with Crippen molar-refractivity contribution >= 4 is 11.8 Å². The van der Waals surface area contributed by atoms with Crippen LogP contribution in [0.3, 0.4) is 0 Å². The number of hydrogen-bond acceptors (Lipinski definition) is 6. The summed E-state index contributed by atoms with van der Waals surface area (Å²) < 4.78 is 12.5. The number of rotatable bonds is 3. The van der Waals surface area contributed by atoms with E-state index >= 15 is 0 Å². The molecule has 2 saturated heterocycles. The van der Waals surface area contributed by atoms with E-state index in [0.717, 1.165) is 0 Å². The minimum Gasteiger partial charge on any atom is -0.378 e. The molecule has 0 aromatic carbocycles. The Morgan fingerprint density at radius 2 is 1.91 bits per heavy atom. The molecule has 2 aliphatic rings. The molecule has 9 nitrogen and oxygen atoms in total. The molecule has 0 unspecified atom stereocenters. The van der Waals surface area contributed by atoms with E-state index in [-0.39, 0.29) is 24.9 Å². The molecule has 0 radical (unpaired) electrons. The highest BCUT2D eigenvalue weighted by atomic mass is 16.5. The van der Waals surface area contributed by atoms with Gasteiger partial charge in [0.1, 0.15) is 19.2 Å². The lowest BCUT2D eigenvalue weighted by atomic mass is 10.0. The topological polar surface area (TPSA) is 89.8 Å². The van der Waals surface area contributed by atoms with Gasteiger partial charge in [0.25, 0.3) is 5.91 Å². The van der Waals surface area contributed by atoms with E-state index in [0.29, 0.717) is 39.5 Å². The number of amides is 2. The number of nitrogens with zero attached hydrogens (tertiary/aromatic N) is 5. The maximum Gasteiger partial charge on any atom is 0.256 e. The van der Waals surface area contributed by atoms with Gasteiger partial charge in [-0.05, 0) is 6.92 Å². The summed E-state index contributed by atoms with van der Waals surface area (Å²) in [5.41, 5.74) is -1.01. The molecule has 2 aliphatic heterocycles. The molecule has 0 spiro atoms. The number of carbonyl (C=O) groups excluding carboxylic acids is 2. The average Bonchev–Trinajstić information content (AvgIpc) is 3.08. The van der Waals surface area contributed by atoms with Crippen molar-refractivity contribution in [2.45, 2.75) is 19.1 Å². The van der Waals surface area contributed by atoms with Crippen molar-refractivity contribution in [3.63, 3.8) is 0 Å². The van der Waals surface area contributed by atoms with Crippen LogP contribution in [0.4, 0.5) is 0 Å². The van der Waals surface area contributed by atoms with Gasteiger partial charge in [-0.1, -0.05) is 0 Å². The van der Waals surface area contributed by atoms with Gasteiger partial charge in [-0.25, -0.2) is 9.67 Å². The minimum atomic E-state index is -1.01. The highest BCUT2D eigenvalue weighted by Crippen LogP contribution is 2.21. The molecule has 9 heteroatoms. The van der Waals surface area contributed by atoms with Gasteiger partial charge in [-0.3, -0.25) is 9.59 Å². The van der Waals surface area contributed by atoms with Crippen molar-refractivity contribution in [3.05, 3.63) is 12.7 Å². The summed E-state index contributed by atoms with van der Waals surface area (Å²) in [6.07, 6.45) is 2.88. The molecule has 2 amide bonds. The van der Waals surface area contributed by atoms with E-state index in [1.165, 1.54) is 17.3 Å². The monoisotopic (exact) mass is 323 g/mol. The summed E-state index contributed by atoms with van der Waals surface area (Å²) in [5, 5.41) is 3.93. The molecule has 3 rings (SSSR count). The van der Waals surface area contributed by atoms with E-state index in [2.05, 4.69) is 10.1 Å². The number of morpholine rings is 2. The van der Waals surface area contributed by atoms with Crippen LogP contribution in [0.15, 0.2) is 12.7 Å². The van der Waals surface area contributed by atoms with Crippen molar-refractivity contribution in [1.82, 2.24) is 24.6 Å². The van der Waals surface area contributed by atoms with Crippen LogP contribution in [0.1, 0.15) is 6.92 Å². The first-order valence-electron chi connectivity index (χ1n) is 7.70. The van der Waals surface area contributed by atoms with Crippen molar-refractivity contribution in [1.29, 1.82) is 0 Å². The van der Waals surface area contributed by atoms with Crippen LogP contribution in [0.25, 0.3) is 0 Å². The van der Waals surface area contributed by atoms with Crippen LogP contribution in [-0.2, 0) is 25.6 Å². The Morgan fingerprint density at radius 1 is 1.17 bits per heavy atom. The Bertz CT molecular complexity index is 558. The van der Waals surface area contributed by atoms with Gasteiger partial charge in [-0.15, -0.1) is 0 Å². The zero-order chi connectivity index (χ0) is 16.3. The molecular formula is C14H21N5O4. The van der Waals surface area contributed by atoms with E-state index in [9.17, 15) is 9.59 Å². The largest absolute Gasteiger partial charge is 0.378 e. The number of hydrogen-bond donors (Lipinski definition) is 0. The minimum absolute atomic E-state index is 0.0842. The van der Waals surface area contributed by atoms with E-state index in [4.69, 9.17) is 9.47 Å². The Balaban J connectivity index is 1.64. The lowest BCUT2D eigenvalue weighted by molar-refractivity contribution is -0.174. The third kappa shape index (κ3) is 3.50. The van der Waals surface area contributed by atoms with Crippen molar-refractivity contribution in [2.75, 3.05) is 46.0 Å². The molecule has 0 aliphatic carbocycles. The predicted octanol–water partition coefficient (Wildman–Crippen LogP) is -1.25.